The largest absolute Gasteiger partial charge is 0.493 e. The number of nitrogens with two attached hydrogens (primary N) is 1. The van der Waals surface area contributed by atoms with Crippen LogP contribution in [0.1, 0.15) is 24.8 Å². The number of benzene rings is 1. The van der Waals surface area contributed by atoms with Gasteiger partial charge in [0.05, 0.1) is 19.6 Å². The first kappa shape index (κ1) is 17.1. The second kappa shape index (κ2) is 8.38. The molecular weight excluding hydrogens is 300 g/mol. The number of nitrogens with one attached hydrogen (secondary N) is 1. The van der Waals surface area contributed by atoms with Crippen molar-refractivity contribution >= 4 is 11.8 Å². The van der Waals surface area contributed by atoms with Crippen LogP contribution in [-0.2, 0) is 20.9 Å². The molecule has 126 valence electrons. The third-order valence-corrected chi connectivity index (χ3v) is 3.52. The summed E-state index contributed by atoms with van der Waals surface area (Å²) in [4.78, 5) is 22.6. The van der Waals surface area contributed by atoms with E-state index in [2.05, 4.69) is 5.32 Å². The normalized spacial score (nSPS) is 16.8. The van der Waals surface area contributed by atoms with Crippen LogP contribution in [-0.4, -0.2) is 38.2 Å². The minimum atomic E-state index is -0.558. The Morgan fingerprint density at radius 2 is 2.22 bits per heavy atom. The Hall–Kier alpha value is -2.28. The fourth-order valence-electron chi connectivity index (χ4n) is 2.38. The number of carbonyl (C=O) groups excluding carboxylic acids is 2. The van der Waals surface area contributed by atoms with Gasteiger partial charge in [-0.2, -0.15) is 0 Å². The maximum Gasteiger partial charge on any atom is 0.255 e. The lowest BCUT2D eigenvalue weighted by atomic mass is 10.1. The quantitative estimate of drug-likeness (QED) is 0.735. The highest BCUT2D eigenvalue weighted by Gasteiger charge is 2.18. The van der Waals surface area contributed by atoms with Gasteiger partial charge in [-0.15, -0.1) is 0 Å². The fourth-order valence-corrected chi connectivity index (χ4v) is 2.38. The van der Waals surface area contributed by atoms with Crippen molar-refractivity contribution in [1.29, 1.82) is 0 Å². The van der Waals surface area contributed by atoms with Gasteiger partial charge in [0.1, 0.15) is 0 Å². The highest BCUT2D eigenvalue weighted by atomic mass is 16.5. The maximum absolute atomic E-state index is 11.9. The smallest absolute Gasteiger partial charge is 0.255 e. The molecule has 3 N–H and O–H groups in total. The zero-order chi connectivity index (χ0) is 16.7. The Balaban J connectivity index is 1.86. The van der Waals surface area contributed by atoms with E-state index in [-0.39, 0.29) is 18.6 Å². The molecule has 1 heterocycles. The molecule has 0 aromatic heterocycles. The van der Waals surface area contributed by atoms with E-state index in [0.29, 0.717) is 24.5 Å². The summed E-state index contributed by atoms with van der Waals surface area (Å²) >= 11 is 0. The van der Waals surface area contributed by atoms with Crippen LogP contribution in [0.15, 0.2) is 18.2 Å². The zero-order valence-electron chi connectivity index (χ0n) is 13.2. The van der Waals surface area contributed by atoms with Crippen LogP contribution in [0, 0.1) is 0 Å². The summed E-state index contributed by atoms with van der Waals surface area (Å²) in [6.07, 6.45) is 2.38. The van der Waals surface area contributed by atoms with Crippen LogP contribution < -0.4 is 20.5 Å². The van der Waals surface area contributed by atoms with E-state index in [0.717, 1.165) is 25.0 Å². The van der Waals surface area contributed by atoms with Crippen molar-refractivity contribution in [2.75, 3.05) is 20.3 Å². The lowest BCUT2D eigenvalue weighted by molar-refractivity contribution is -0.123. The monoisotopic (exact) mass is 322 g/mol. The van der Waals surface area contributed by atoms with Gasteiger partial charge in [-0.3, -0.25) is 9.59 Å². The van der Waals surface area contributed by atoms with E-state index in [1.54, 1.807) is 18.2 Å². The molecule has 1 atom stereocenters. The van der Waals surface area contributed by atoms with E-state index >= 15 is 0 Å². The molecule has 1 aliphatic rings. The van der Waals surface area contributed by atoms with Crippen molar-refractivity contribution in [3.8, 4) is 11.5 Å². The number of methoxy groups -OCH3 is 1. The number of carbonyl (C=O) groups is 2. The number of rotatable bonds is 8. The van der Waals surface area contributed by atoms with Crippen molar-refractivity contribution in [1.82, 2.24) is 5.32 Å². The summed E-state index contributed by atoms with van der Waals surface area (Å²) in [5, 5.41) is 2.86. The molecule has 1 saturated heterocycles. The van der Waals surface area contributed by atoms with E-state index in [1.807, 2.05) is 0 Å². The fraction of sp³-hybridized carbons (Fsp3) is 0.500. The Bertz CT molecular complexity index is 555. The molecule has 1 aromatic rings. The Labute approximate surface area is 135 Å². The predicted molar refractivity (Wildman–Crippen MR) is 83.1 cm³/mol. The Morgan fingerprint density at radius 1 is 1.39 bits per heavy atom. The van der Waals surface area contributed by atoms with E-state index in [9.17, 15) is 9.59 Å². The molecule has 1 aromatic carbocycles. The van der Waals surface area contributed by atoms with Crippen LogP contribution in [0.2, 0.25) is 0 Å². The number of ether oxygens (including phenoxy) is 3. The minimum absolute atomic E-state index is 0.0362. The number of primary amides is 1. The van der Waals surface area contributed by atoms with Crippen LogP contribution in [0.5, 0.6) is 11.5 Å². The molecule has 0 radical (unpaired) electrons. The van der Waals surface area contributed by atoms with Gasteiger partial charge in [-0.1, -0.05) is 6.07 Å². The molecule has 1 aliphatic heterocycles. The molecule has 1 fully saturated rings. The van der Waals surface area contributed by atoms with Crippen molar-refractivity contribution in [2.24, 2.45) is 5.73 Å². The van der Waals surface area contributed by atoms with E-state index in [4.69, 9.17) is 19.9 Å². The van der Waals surface area contributed by atoms with E-state index < -0.39 is 5.91 Å². The zero-order valence-corrected chi connectivity index (χ0v) is 13.2. The average molecular weight is 322 g/mol. The number of hydrogen-bond donors (Lipinski definition) is 2. The number of hydrogen-bond acceptors (Lipinski definition) is 5. The van der Waals surface area contributed by atoms with Crippen LogP contribution in [0.25, 0.3) is 0 Å². The van der Waals surface area contributed by atoms with Crippen molar-refractivity contribution in [3.05, 3.63) is 23.8 Å². The first-order chi connectivity index (χ1) is 11.1. The van der Waals surface area contributed by atoms with Crippen molar-refractivity contribution in [3.63, 3.8) is 0 Å². The highest BCUT2D eigenvalue weighted by Crippen LogP contribution is 2.28. The van der Waals surface area contributed by atoms with Gasteiger partial charge >= 0.3 is 0 Å². The van der Waals surface area contributed by atoms with Gasteiger partial charge in [0.2, 0.25) is 5.91 Å². The van der Waals surface area contributed by atoms with Gasteiger partial charge in [-0.05, 0) is 30.5 Å². The van der Waals surface area contributed by atoms with Gasteiger partial charge in [0, 0.05) is 13.2 Å². The Morgan fingerprint density at radius 3 is 2.87 bits per heavy atom. The number of amides is 2. The van der Waals surface area contributed by atoms with E-state index in [1.165, 1.54) is 7.11 Å². The van der Waals surface area contributed by atoms with Crippen molar-refractivity contribution < 1.29 is 23.8 Å². The first-order valence-corrected chi connectivity index (χ1v) is 7.55. The van der Waals surface area contributed by atoms with Gasteiger partial charge in [-0.25, -0.2) is 0 Å². The van der Waals surface area contributed by atoms with Gasteiger partial charge in [0.15, 0.2) is 18.1 Å². The SMILES string of the molecule is COc1cc(CNC(=O)C[C@@H]2CCCO2)ccc1OCC(N)=O. The third-order valence-electron chi connectivity index (χ3n) is 3.52. The molecule has 2 rings (SSSR count). The average Bonchev–Trinajstić information content (AvgIpc) is 3.04. The lowest BCUT2D eigenvalue weighted by Crippen LogP contribution is -2.26. The topological polar surface area (TPSA) is 99.9 Å². The van der Waals surface area contributed by atoms with Crippen LogP contribution in [0.3, 0.4) is 0 Å². The standard InChI is InChI=1S/C16H22N2O5/c1-21-14-7-11(4-5-13(14)23-10-15(17)19)9-18-16(20)8-12-3-2-6-22-12/h4-5,7,12H,2-3,6,8-10H2,1H3,(H2,17,19)(H,18,20)/t12-/m0/s1. The second-order valence-electron chi connectivity index (χ2n) is 5.36. The molecule has 0 unspecified atom stereocenters. The first-order valence-electron chi connectivity index (χ1n) is 7.55. The van der Waals surface area contributed by atoms with Crippen LogP contribution >= 0.6 is 0 Å². The second-order valence-corrected chi connectivity index (χ2v) is 5.36. The van der Waals surface area contributed by atoms with Gasteiger partial charge < -0.3 is 25.3 Å². The molecule has 0 saturated carbocycles. The minimum Gasteiger partial charge on any atom is -0.493 e. The van der Waals surface area contributed by atoms with Crippen LogP contribution in [0.4, 0.5) is 0 Å². The summed E-state index contributed by atoms with van der Waals surface area (Å²) in [6.45, 7) is 0.910. The molecular formula is C16H22N2O5. The van der Waals surface area contributed by atoms with Crippen molar-refractivity contribution in [2.45, 2.75) is 31.9 Å². The summed E-state index contributed by atoms with van der Waals surface area (Å²) < 4.78 is 15.9. The molecule has 7 heteroatoms. The molecule has 0 spiro atoms. The maximum atomic E-state index is 11.9. The molecule has 2 amide bonds. The molecule has 7 nitrogen and oxygen atoms in total. The Kier molecular flexibility index (Phi) is 6.22. The summed E-state index contributed by atoms with van der Waals surface area (Å²) in [7, 11) is 1.51. The molecule has 0 bridgehead atoms. The highest BCUT2D eigenvalue weighted by molar-refractivity contribution is 5.76. The third kappa shape index (κ3) is 5.45. The predicted octanol–water partition coefficient (Wildman–Crippen LogP) is 0.745. The summed E-state index contributed by atoms with van der Waals surface area (Å²) in [5.41, 5.74) is 5.92. The summed E-state index contributed by atoms with van der Waals surface area (Å²) in [5.74, 6) is 0.320. The summed E-state index contributed by atoms with van der Waals surface area (Å²) in [6, 6.07) is 5.23. The molecule has 23 heavy (non-hydrogen) atoms. The molecule has 0 aliphatic carbocycles. The van der Waals surface area contributed by atoms with Gasteiger partial charge in [0.25, 0.3) is 5.91 Å². The lowest BCUT2D eigenvalue weighted by Gasteiger charge is -2.13.